The van der Waals surface area contributed by atoms with Gasteiger partial charge in [0.1, 0.15) is 0 Å². The average Bonchev–Trinajstić information content (AvgIpc) is 2.96. The van der Waals surface area contributed by atoms with Crippen molar-refractivity contribution in [3.05, 3.63) is 71.8 Å². The van der Waals surface area contributed by atoms with Crippen LogP contribution in [0.1, 0.15) is 36.8 Å². The Balaban J connectivity index is 2.17. The molecular weight excluding hydrogens is 371 g/mol. The predicted molar refractivity (Wildman–Crippen MR) is 97.1 cm³/mol. The van der Waals surface area contributed by atoms with E-state index in [0.29, 0.717) is 0 Å². The Morgan fingerprint density at radius 1 is 0.810 bits per heavy atom. The minimum atomic E-state index is -0.687. The topological polar surface area (TPSA) is 20.2 Å². The van der Waals surface area contributed by atoms with Crippen LogP contribution in [0.2, 0.25) is 0 Å². The van der Waals surface area contributed by atoms with E-state index in [0.717, 1.165) is 40.4 Å². The van der Waals surface area contributed by atoms with Crippen LogP contribution < -0.4 is 0 Å². The molecule has 0 aliphatic heterocycles. The van der Waals surface area contributed by atoms with E-state index in [1.54, 1.807) is 0 Å². The van der Waals surface area contributed by atoms with Gasteiger partial charge >= 0.3 is 0 Å². The van der Waals surface area contributed by atoms with Crippen LogP contribution in [0.25, 0.3) is 9.15 Å². The normalized spacial score (nSPS) is 18.4. The van der Waals surface area contributed by atoms with Crippen molar-refractivity contribution in [2.45, 2.75) is 31.3 Å². The third-order valence-corrected chi connectivity index (χ3v) is 5.37. The Bertz CT molecular complexity index is 625. The van der Waals surface area contributed by atoms with E-state index in [2.05, 4.69) is 59.0 Å². The predicted octanol–water partition coefficient (Wildman–Crippen LogP) is 5.30. The lowest BCUT2D eigenvalue weighted by Crippen LogP contribution is -2.26. The van der Waals surface area contributed by atoms with Crippen molar-refractivity contribution >= 4 is 31.7 Å². The van der Waals surface area contributed by atoms with E-state index in [-0.39, 0.29) is 0 Å². The molecule has 0 amide bonds. The van der Waals surface area contributed by atoms with Gasteiger partial charge in [-0.3, -0.25) is 0 Å². The Kier molecular flexibility index (Phi) is 4.45. The van der Waals surface area contributed by atoms with Crippen molar-refractivity contribution in [3.63, 3.8) is 0 Å². The molecular formula is C19H19IO. The maximum atomic E-state index is 11.2. The fourth-order valence-electron chi connectivity index (χ4n) is 3.14. The van der Waals surface area contributed by atoms with E-state index >= 15 is 0 Å². The summed E-state index contributed by atoms with van der Waals surface area (Å²) in [5.74, 6) is 0. The van der Waals surface area contributed by atoms with Crippen LogP contribution in [-0.2, 0) is 0 Å². The molecule has 1 aliphatic rings. The van der Waals surface area contributed by atoms with Crippen LogP contribution in [0.3, 0.4) is 0 Å². The van der Waals surface area contributed by atoms with Crippen molar-refractivity contribution in [1.29, 1.82) is 0 Å². The van der Waals surface area contributed by atoms with Gasteiger partial charge in [0.25, 0.3) is 0 Å². The summed E-state index contributed by atoms with van der Waals surface area (Å²) in [4.78, 5) is 0. The van der Waals surface area contributed by atoms with E-state index < -0.39 is 5.60 Å². The summed E-state index contributed by atoms with van der Waals surface area (Å²) < 4.78 is 1.16. The number of hydrogen-bond acceptors (Lipinski definition) is 1. The van der Waals surface area contributed by atoms with Crippen molar-refractivity contribution in [2.24, 2.45) is 0 Å². The zero-order chi connectivity index (χ0) is 14.7. The second kappa shape index (κ2) is 6.32. The molecule has 21 heavy (non-hydrogen) atoms. The van der Waals surface area contributed by atoms with Crippen LogP contribution >= 0.6 is 22.6 Å². The molecule has 1 aliphatic carbocycles. The van der Waals surface area contributed by atoms with Crippen molar-refractivity contribution < 1.29 is 5.11 Å². The summed E-state index contributed by atoms with van der Waals surface area (Å²) in [6.07, 6.45) is 3.92. The quantitative estimate of drug-likeness (QED) is 0.558. The highest BCUT2D eigenvalue weighted by molar-refractivity contribution is 14.1. The Morgan fingerprint density at radius 2 is 1.29 bits per heavy atom. The molecule has 2 aromatic rings. The van der Waals surface area contributed by atoms with Gasteiger partial charge in [0.05, 0.1) is 5.60 Å². The Labute approximate surface area is 139 Å². The summed E-state index contributed by atoms with van der Waals surface area (Å²) in [7, 11) is 0. The highest BCUT2D eigenvalue weighted by atomic mass is 127. The van der Waals surface area contributed by atoms with E-state index in [1.165, 1.54) is 5.56 Å². The smallest absolute Gasteiger partial charge is 0.0912 e. The monoisotopic (exact) mass is 390 g/mol. The highest BCUT2D eigenvalue weighted by Crippen LogP contribution is 2.46. The summed E-state index contributed by atoms with van der Waals surface area (Å²) in [6.45, 7) is 0. The Morgan fingerprint density at radius 3 is 1.81 bits per heavy atom. The van der Waals surface area contributed by atoms with Gasteiger partial charge in [-0.05, 0) is 46.6 Å². The summed E-state index contributed by atoms with van der Waals surface area (Å²) in [5.41, 5.74) is 2.72. The van der Waals surface area contributed by atoms with Gasteiger partial charge in [0.15, 0.2) is 0 Å². The van der Waals surface area contributed by atoms with Gasteiger partial charge in [-0.25, -0.2) is 0 Å². The second-order valence-electron chi connectivity index (χ2n) is 5.66. The molecule has 0 heterocycles. The zero-order valence-electron chi connectivity index (χ0n) is 11.9. The molecule has 0 aromatic heterocycles. The highest BCUT2D eigenvalue weighted by Gasteiger charge is 2.37. The molecule has 0 saturated heterocycles. The molecule has 0 spiro atoms. The number of hydrogen-bond donors (Lipinski definition) is 1. The average molecular weight is 390 g/mol. The van der Waals surface area contributed by atoms with Crippen LogP contribution in [0, 0.1) is 0 Å². The first kappa shape index (κ1) is 14.8. The van der Waals surface area contributed by atoms with E-state index in [4.69, 9.17) is 0 Å². The zero-order valence-corrected chi connectivity index (χ0v) is 14.1. The number of halogens is 1. The van der Waals surface area contributed by atoms with Crippen molar-refractivity contribution in [3.8, 4) is 0 Å². The first-order valence-corrected chi connectivity index (χ1v) is 8.52. The van der Waals surface area contributed by atoms with Crippen molar-refractivity contribution in [1.82, 2.24) is 0 Å². The molecule has 1 fully saturated rings. The fourth-order valence-corrected chi connectivity index (χ4v) is 4.32. The largest absolute Gasteiger partial charge is 0.385 e. The maximum absolute atomic E-state index is 11.2. The minimum Gasteiger partial charge on any atom is -0.385 e. The Hall–Kier alpha value is -1.13. The lowest BCUT2D eigenvalue weighted by atomic mass is 9.85. The first-order valence-electron chi connectivity index (χ1n) is 7.44. The molecule has 108 valence electrons. The maximum Gasteiger partial charge on any atom is 0.0912 e. The molecule has 0 unspecified atom stereocenters. The van der Waals surface area contributed by atoms with Gasteiger partial charge in [-0.15, -0.1) is 0 Å². The van der Waals surface area contributed by atoms with Crippen LogP contribution in [0.4, 0.5) is 0 Å². The van der Waals surface area contributed by atoms with Gasteiger partial charge in [0.2, 0.25) is 0 Å². The molecule has 0 bridgehead atoms. The summed E-state index contributed by atoms with van der Waals surface area (Å²) >= 11 is 2.39. The lowest BCUT2D eigenvalue weighted by Gasteiger charge is -2.28. The SMILES string of the molecule is OC1(/C(=C(\I)c2ccccc2)c2ccccc2)CCCC1. The van der Waals surface area contributed by atoms with Crippen LogP contribution in [-0.4, -0.2) is 10.7 Å². The number of rotatable bonds is 3. The van der Waals surface area contributed by atoms with Crippen molar-refractivity contribution in [2.75, 3.05) is 0 Å². The summed E-state index contributed by atoms with van der Waals surface area (Å²) in [5, 5.41) is 11.2. The molecule has 2 aromatic carbocycles. The third kappa shape index (κ3) is 3.06. The molecule has 0 atom stereocenters. The third-order valence-electron chi connectivity index (χ3n) is 4.21. The molecule has 3 rings (SSSR count). The minimum absolute atomic E-state index is 0.687. The molecule has 1 N–H and O–H groups in total. The fraction of sp³-hybridized carbons (Fsp3) is 0.263. The van der Waals surface area contributed by atoms with Gasteiger partial charge in [-0.2, -0.15) is 0 Å². The lowest BCUT2D eigenvalue weighted by molar-refractivity contribution is 0.111. The van der Waals surface area contributed by atoms with Gasteiger partial charge in [0, 0.05) is 9.15 Å². The number of aliphatic hydroxyl groups is 1. The van der Waals surface area contributed by atoms with E-state index in [1.807, 2.05) is 24.3 Å². The standard InChI is InChI=1S/C19H19IO/c20-18(16-11-5-2-6-12-16)17(15-9-3-1-4-10-15)19(21)13-7-8-14-19/h1-6,9-12,21H,7-8,13-14H2/b18-17-. The van der Waals surface area contributed by atoms with Gasteiger partial charge in [-0.1, -0.05) is 73.5 Å². The van der Waals surface area contributed by atoms with Crippen LogP contribution in [0.5, 0.6) is 0 Å². The molecule has 1 nitrogen and oxygen atoms in total. The number of benzene rings is 2. The molecule has 0 radical (unpaired) electrons. The molecule has 1 saturated carbocycles. The summed E-state index contributed by atoms with van der Waals surface area (Å²) in [6, 6.07) is 20.7. The molecule has 2 heteroatoms. The second-order valence-corrected chi connectivity index (χ2v) is 6.74. The van der Waals surface area contributed by atoms with E-state index in [9.17, 15) is 5.11 Å². The van der Waals surface area contributed by atoms with Gasteiger partial charge < -0.3 is 5.11 Å². The first-order chi connectivity index (χ1) is 10.2. The van der Waals surface area contributed by atoms with Crippen LogP contribution in [0.15, 0.2) is 60.7 Å².